The third-order valence-corrected chi connectivity index (χ3v) is 4.48. The van der Waals surface area contributed by atoms with Crippen molar-refractivity contribution in [3.63, 3.8) is 0 Å². The van der Waals surface area contributed by atoms with E-state index in [4.69, 9.17) is 9.15 Å². The summed E-state index contributed by atoms with van der Waals surface area (Å²) < 4.78 is 11.2. The smallest absolute Gasteiger partial charge is 0.310 e. The lowest BCUT2D eigenvalue weighted by atomic mass is 9.98. The van der Waals surface area contributed by atoms with Crippen LogP contribution >= 0.6 is 0 Å². The Balaban J connectivity index is 1.72. The third-order valence-electron chi connectivity index (χ3n) is 4.48. The SMILES string of the molecule is CCOC(=O)[C@@H]1CCCN(c2ncnc3c2oc2ccccc23)C1. The quantitative estimate of drug-likeness (QED) is 0.689. The zero-order valence-electron chi connectivity index (χ0n) is 13.6. The van der Waals surface area contributed by atoms with E-state index >= 15 is 0 Å². The summed E-state index contributed by atoms with van der Waals surface area (Å²) in [6.07, 6.45) is 3.34. The van der Waals surface area contributed by atoms with Crippen LogP contribution in [-0.2, 0) is 9.53 Å². The van der Waals surface area contributed by atoms with Gasteiger partial charge in [0.25, 0.3) is 0 Å². The van der Waals surface area contributed by atoms with Crippen LogP contribution in [0.3, 0.4) is 0 Å². The van der Waals surface area contributed by atoms with Crippen LogP contribution in [0, 0.1) is 5.92 Å². The molecule has 0 spiro atoms. The molecular formula is C18H19N3O3. The second-order valence-electron chi connectivity index (χ2n) is 6.01. The first-order valence-electron chi connectivity index (χ1n) is 8.31. The number of nitrogens with zero attached hydrogens (tertiary/aromatic N) is 3. The molecule has 1 atom stereocenters. The molecule has 124 valence electrons. The first kappa shape index (κ1) is 14.9. The molecule has 6 heteroatoms. The van der Waals surface area contributed by atoms with E-state index in [1.165, 1.54) is 0 Å². The summed E-state index contributed by atoms with van der Waals surface area (Å²) in [5.41, 5.74) is 2.30. The molecule has 3 aromatic rings. The van der Waals surface area contributed by atoms with Gasteiger partial charge in [-0.2, -0.15) is 0 Å². The zero-order valence-corrected chi connectivity index (χ0v) is 13.6. The molecule has 1 aromatic carbocycles. The molecule has 0 unspecified atom stereocenters. The normalized spacial score (nSPS) is 18.2. The number of ether oxygens (including phenoxy) is 1. The summed E-state index contributed by atoms with van der Waals surface area (Å²) in [6, 6.07) is 7.83. The fourth-order valence-corrected chi connectivity index (χ4v) is 3.36. The van der Waals surface area contributed by atoms with E-state index < -0.39 is 0 Å². The van der Waals surface area contributed by atoms with Gasteiger partial charge in [0.05, 0.1) is 12.5 Å². The number of hydrogen-bond acceptors (Lipinski definition) is 6. The van der Waals surface area contributed by atoms with Crippen LogP contribution in [0.2, 0.25) is 0 Å². The molecule has 1 saturated heterocycles. The van der Waals surface area contributed by atoms with Gasteiger partial charge in [0, 0.05) is 18.5 Å². The van der Waals surface area contributed by atoms with Crippen LogP contribution < -0.4 is 4.90 Å². The first-order valence-corrected chi connectivity index (χ1v) is 8.31. The van der Waals surface area contributed by atoms with Gasteiger partial charge in [0.1, 0.15) is 17.4 Å². The van der Waals surface area contributed by atoms with Gasteiger partial charge in [-0.05, 0) is 31.9 Å². The third kappa shape index (κ3) is 2.48. The Bertz CT molecular complexity index is 889. The number of esters is 1. The minimum atomic E-state index is -0.128. The Morgan fingerprint density at radius 2 is 2.25 bits per heavy atom. The number of piperidine rings is 1. The molecule has 0 amide bonds. The van der Waals surface area contributed by atoms with Crippen LogP contribution in [0.15, 0.2) is 35.0 Å². The van der Waals surface area contributed by atoms with Crippen molar-refractivity contribution in [2.45, 2.75) is 19.8 Å². The van der Waals surface area contributed by atoms with Crippen LogP contribution in [0.4, 0.5) is 5.82 Å². The van der Waals surface area contributed by atoms with E-state index in [1.807, 2.05) is 31.2 Å². The topological polar surface area (TPSA) is 68.5 Å². The summed E-state index contributed by atoms with van der Waals surface area (Å²) in [5, 5.41) is 0.982. The van der Waals surface area contributed by atoms with E-state index in [0.29, 0.717) is 18.7 Å². The average Bonchev–Trinajstić information content (AvgIpc) is 3.01. The van der Waals surface area contributed by atoms with Gasteiger partial charge in [0.15, 0.2) is 11.4 Å². The maximum Gasteiger partial charge on any atom is 0.310 e. The predicted octanol–water partition coefficient (Wildman–Crippen LogP) is 3.16. The highest BCUT2D eigenvalue weighted by molar-refractivity contribution is 6.05. The number of para-hydroxylation sites is 1. The maximum atomic E-state index is 12.1. The molecule has 1 fully saturated rings. The molecule has 0 bridgehead atoms. The van der Waals surface area contributed by atoms with Gasteiger partial charge in [-0.15, -0.1) is 0 Å². The molecule has 0 radical (unpaired) electrons. The number of rotatable bonds is 3. The molecule has 6 nitrogen and oxygen atoms in total. The van der Waals surface area contributed by atoms with Crippen molar-refractivity contribution in [1.82, 2.24) is 9.97 Å². The lowest BCUT2D eigenvalue weighted by Gasteiger charge is -2.32. The molecule has 0 N–H and O–H groups in total. The summed E-state index contributed by atoms with van der Waals surface area (Å²) in [7, 11) is 0. The second kappa shape index (κ2) is 6.11. The molecule has 4 rings (SSSR count). The Hall–Kier alpha value is -2.63. The summed E-state index contributed by atoms with van der Waals surface area (Å²) in [4.78, 5) is 23.0. The van der Waals surface area contributed by atoms with Crippen molar-refractivity contribution < 1.29 is 13.9 Å². The minimum absolute atomic E-state index is 0.118. The largest absolute Gasteiger partial charge is 0.466 e. The number of aromatic nitrogens is 2. The number of fused-ring (bicyclic) bond motifs is 3. The molecule has 1 aliphatic rings. The minimum Gasteiger partial charge on any atom is -0.466 e. The van der Waals surface area contributed by atoms with Crippen molar-refractivity contribution in [3.8, 4) is 0 Å². The van der Waals surface area contributed by atoms with Crippen molar-refractivity contribution in [3.05, 3.63) is 30.6 Å². The van der Waals surface area contributed by atoms with Gasteiger partial charge in [0.2, 0.25) is 0 Å². The highest BCUT2D eigenvalue weighted by Crippen LogP contribution is 2.33. The molecule has 0 saturated carbocycles. The molecule has 2 aromatic heterocycles. The average molecular weight is 325 g/mol. The van der Waals surface area contributed by atoms with Crippen LogP contribution in [0.25, 0.3) is 22.1 Å². The lowest BCUT2D eigenvalue weighted by Crippen LogP contribution is -2.40. The van der Waals surface area contributed by atoms with Gasteiger partial charge in [-0.25, -0.2) is 9.97 Å². The van der Waals surface area contributed by atoms with Crippen molar-refractivity contribution in [2.75, 3.05) is 24.6 Å². The van der Waals surface area contributed by atoms with Gasteiger partial charge in [-0.1, -0.05) is 12.1 Å². The predicted molar refractivity (Wildman–Crippen MR) is 90.9 cm³/mol. The van der Waals surface area contributed by atoms with Crippen LogP contribution in [-0.4, -0.2) is 35.6 Å². The fraction of sp³-hybridized carbons (Fsp3) is 0.389. The Morgan fingerprint density at radius 1 is 1.38 bits per heavy atom. The Labute approximate surface area is 139 Å². The standard InChI is InChI=1S/C18H19N3O3/c1-2-23-18(22)12-6-5-9-21(10-12)17-16-15(19-11-20-17)13-7-3-4-8-14(13)24-16/h3-4,7-8,11-12H,2,5-6,9-10H2,1H3/t12-/m1/s1. The summed E-state index contributed by atoms with van der Waals surface area (Å²) in [5.74, 6) is 0.510. The number of carbonyl (C=O) groups is 1. The number of carbonyl (C=O) groups excluding carboxylic acids is 1. The lowest BCUT2D eigenvalue weighted by molar-refractivity contribution is -0.148. The number of benzene rings is 1. The van der Waals surface area contributed by atoms with Gasteiger partial charge < -0.3 is 14.1 Å². The van der Waals surface area contributed by atoms with E-state index in [9.17, 15) is 4.79 Å². The van der Waals surface area contributed by atoms with Crippen molar-refractivity contribution >= 4 is 33.9 Å². The fourth-order valence-electron chi connectivity index (χ4n) is 3.36. The molecular weight excluding hydrogens is 306 g/mol. The number of anilines is 1. The zero-order chi connectivity index (χ0) is 16.5. The molecule has 1 aliphatic heterocycles. The van der Waals surface area contributed by atoms with Gasteiger partial charge >= 0.3 is 5.97 Å². The molecule has 3 heterocycles. The number of furan rings is 1. The van der Waals surface area contributed by atoms with E-state index in [2.05, 4.69) is 14.9 Å². The highest BCUT2D eigenvalue weighted by atomic mass is 16.5. The highest BCUT2D eigenvalue weighted by Gasteiger charge is 2.29. The molecule has 24 heavy (non-hydrogen) atoms. The van der Waals surface area contributed by atoms with E-state index in [1.54, 1.807) is 6.33 Å². The number of hydrogen-bond donors (Lipinski definition) is 0. The van der Waals surface area contributed by atoms with Crippen LogP contribution in [0.5, 0.6) is 0 Å². The Kier molecular flexibility index (Phi) is 3.80. The van der Waals surface area contributed by atoms with E-state index in [0.717, 1.165) is 41.7 Å². The molecule has 0 aliphatic carbocycles. The van der Waals surface area contributed by atoms with Gasteiger partial charge in [-0.3, -0.25) is 4.79 Å². The van der Waals surface area contributed by atoms with Crippen molar-refractivity contribution in [1.29, 1.82) is 0 Å². The summed E-state index contributed by atoms with van der Waals surface area (Å²) >= 11 is 0. The summed E-state index contributed by atoms with van der Waals surface area (Å²) in [6.45, 7) is 3.69. The monoisotopic (exact) mass is 325 g/mol. The van der Waals surface area contributed by atoms with Crippen LogP contribution in [0.1, 0.15) is 19.8 Å². The first-order chi connectivity index (χ1) is 11.8. The van der Waals surface area contributed by atoms with E-state index in [-0.39, 0.29) is 11.9 Å². The maximum absolute atomic E-state index is 12.1. The van der Waals surface area contributed by atoms with Crippen molar-refractivity contribution in [2.24, 2.45) is 5.92 Å². The second-order valence-corrected chi connectivity index (χ2v) is 6.01. The Morgan fingerprint density at radius 3 is 3.12 bits per heavy atom.